The van der Waals surface area contributed by atoms with Crippen LogP contribution in [0.15, 0.2) is 72.8 Å². The van der Waals surface area contributed by atoms with Crippen LogP contribution >= 0.6 is 0 Å². The van der Waals surface area contributed by atoms with Crippen molar-refractivity contribution in [1.82, 2.24) is 4.90 Å². The van der Waals surface area contributed by atoms with Crippen LogP contribution in [0.5, 0.6) is 0 Å². The predicted molar refractivity (Wildman–Crippen MR) is 139 cm³/mol. The molecule has 6 nitrogen and oxygen atoms in total. The van der Waals surface area contributed by atoms with Crippen LogP contribution in [0.3, 0.4) is 0 Å². The van der Waals surface area contributed by atoms with Crippen molar-refractivity contribution in [3.8, 4) is 0 Å². The van der Waals surface area contributed by atoms with Crippen molar-refractivity contribution >= 4 is 29.0 Å². The molecule has 3 aromatic rings. The number of benzene rings is 3. The van der Waals surface area contributed by atoms with Gasteiger partial charge in [-0.1, -0.05) is 55.0 Å². The van der Waals surface area contributed by atoms with Crippen molar-refractivity contribution in [2.75, 3.05) is 41.7 Å². The summed E-state index contributed by atoms with van der Waals surface area (Å²) in [5, 5.41) is 5.83. The number of nitrogens with one attached hydrogen (secondary N) is 2. The fourth-order valence-corrected chi connectivity index (χ4v) is 4.31. The van der Waals surface area contributed by atoms with Crippen LogP contribution in [0.4, 0.5) is 21.9 Å². The number of hydrogen-bond donors (Lipinski definition) is 2. The van der Waals surface area contributed by atoms with Gasteiger partial charge < -0.3 is 20.4 Å². The highest BCUT2D eigenvalue weighted by Crippen LogP contribution is 2.21. The first-order valence-corrected chi connectivity index (χ1v) is 11.9. The zero-order chi connectivity index (χ0) is 23.9. The van der Waals surface area contributed by atoms with Gasteiger partial charge in [0.15, 0.2) is 0 Å². The molecule has 176 valence electrons. The van der Waals surface area contributed by atoms with E-state index in [1.165, 1.54) is 5.56 Å². The minimum absolute atomic E-state index is 0.181. The molecule has 1 aliphatic heterocycles. The molecular weight excluding hydrogens is 424 g/mol. The number of para-hydroxylation sites is 1. The van der Waals surface area contributed by atoms with Gasteiger partial charge in [-0.25, -0.2) is 4.79 Å². The number of hydrogen-bond acceptors (Lipinski definition) is 3. The second-order valence-corrected chi connectivity index (χ2v) is 8.67. The van der Waals surface area contributed by atoms with Crippen LogP contribution in [0.1, 0.15) is 23.6 Å². The van der Waals surface area contributed by atoms with E-state index in [1.54, 1.807) is 0 Å². The lowest BCUT2D eigenvalue weighted by Crippen LogP contribution is -2.49. The van der Waals surface area contributed by atoms with Crippen LogP contribution < -0.4 is 15.5 Å². The van der Waals surface area contributed by atoms with Crippen molar-refractivity contribution in [3.63, 3.8) is 0 Å². The normalized spacial score (nSPS) is 13.5. The van der Waals surface area contributed by atoms with Crippen molar-refractivity contribution in [2.24, 2.45) is 0 Å². The summed E-state index contributed by atoms with van der Waals surface area (Å²) in [4.78, 5) is 29.3. The Balaban J connectivity index is 1.27. The van der Waals surface area contributed by atoms with Crippen LogP contribution in [-0.4, -0.2) is 43.0 Å². The quantitative estimate of drug-likeness (QED) is 0.543. The molecule has 2 N–H and O–H groups in total. The van der Waals surface area contributed by atoms with Gasteiger partial charge >= 0.3 is 6.03 Å². The fourth-order valence-electron chi connectivity index (χ4n) is 4.31. The Kier molecular flexibility index (Phi) is 7.48. The summed E-state index contributed by atoms with van der Waals surface area (Å²) < 4.78 is 0. The topological polar surface area (TPSA) is 64.7 Å². The van der Waals surface area contributed by atoms with E-state index in [4.69, 9.17) is 0 Å². The minimum atomic E-state index is -0.255. The van der Waals surface area contributed by atoms with Gasteiger partial charge in [0.25, 0.3) is 0 Å². The lowest BCUT2D eigenvalue weighted by Gasteiger charge is -2.36. The number of amides is 3. The summed E-state index contributed by atoms with van der Waals surface area (Å²) in [6, 6.07) is 23.5. The highest BCUT2D eigenvalue weighted by atomic mass is 16.2. The molecule has 34 heavy (non-hydrogen) atoms. The Morgan fingerprint density at radius 3 is 2.29 bits per heavy atom. The molecule has 3 amide bonds. The number of carbonyl (C=O) groups is 2. The molecule has 0 radical (unpaired) electrons. The lowest BCUT2D eigenvalue weighted by atomic mass is 10.1. The highest BCUT2D eigenvalue weighted by molar-refractivity contribution is 6.00. The molecule has 0 aliphatic carbocycles. The molecule has 3 aromatic carbocycles. The van der Waals surface area contributed by atoms with E-state index in [2.05, 4.69) is 28.5 Å². The molecule has 0 bridgehead atoms. The Morgan fingerprint density at radius 2 is 1.59 bits per heavy atom. The maximum atomic E-state index is 12.7. The number of carbonyl (C=O) groups excluding carboxylic acids is 2. The van der Waals surface area contributed by atoms with Crippen molar-refractivity contribution in [1.29, 1.82) is 0 Å². The summed E-state index contributed by atoms with van der Waals surface area (Å²) in [6.45, 7) is 7.12. The number of anilines is 3. The Labute approximate surface area is 201 Å². The van der Waals surface area contributed by atoms with E-state index in [-0.39, 0.29) is 11.9 Å². The second-order valence-electron chi connectivity index (χ2n) is 8.67. The second kappa shape index (κ2) is 10.9. The lowest BCUT2D eigenvalue weighted by molar-refractivity contribution is -0.130. The van der Waals surface area contributed by atoms with E-state index in [0.29, 0.717) is 19.5 Å². The first-order chi connectivity index (χ1) is 16.5. The number of rotatable bonds is 6. The van der Waals surface area contributed by atoms with E-state index in [1.807, 2.05) is 78.6 Å². The van der Waals surface area contributed by atoms with Gasteiger partial charge in [-0.2, -0.15) is 0 Å². The maximum Gasteiger partial charge on any atom is 0.323 e. The number of piperazine rings is 1. The molecule has 0 saturated carbocycles. The summed E-state index contributed by atoms with van der Waals surface area (Å²) in [5.74, 6) is 0.181. The predicted octanol–water partition coefficient (Wildman–Crippen LogP) is 5.09. The first kappa shape index (κ1) is 23.4. The van der Waals surface area contributed by atoms with Gasteiger partial charge in [0, 0.05) is 43.2 Å². The third-order valence-corrected chi connectivity index (χ3v) is 6.21. The molecular formula is C28H32N4O2. The van der Waals surface area contributed by atoms with Crippen LogP contribution in [0, 0.1) is 6.92 Å². The summed E-state index contributed by atoms with van der Waals surface area (Å²) in [5.41, 5.74) is 6.00. The number of aryl methyl sites for hydroxylation is 2. The van der Waals surface area contributed by atoms with Gasteiger partial charge in [-0.15, -0.1) is 0 Å². The van der Waals surface area contributed by atoms with E-state index in [0.717, 1.165) is 47.7 Å². The summed E-state index contributed by atoms with van der Waals surface area (Å²) >= 11 is 0. The van der Waals surface area contributed by atoms with Gasteiger partial charge in [0.05, 0.1) is 6.42 Å². The smallest absolute Gasteiger partial charge is 0.323 e. The highest BCUT2D eigenvalue weighted by Gasteiger charge is 2.21. The molecule has 0 aromatic heterocycles. The third-order valence-electron chi connectivity index (χ3n) is 6.21. The van der Waals surface area contributed by atoms with E-state index >= 15 is 0 Å². The first-order valence-electron chi connectivity index (χ1n) is 11.9. The average molecular weight is 457 g/mol. The molecule has 1 heterocycles. The zero-order valence-corrected chi connectivity index (χ0v) is 19.9. The molecule has 1 aliphatic rings. The Bertz CT molecular complexity index is 1140. The molecule has 0 atom stereocenters. The van der Waals surface area contributed by atoms with Crippen molar-refractivity contribution in [3.05, 3.63) is 89.5 Å². The maximum absolute atomic E-state index is 12.7. The molecule has 6 heteroatoms. The number of urea groups is 1. The molecule has 1 fully saturated rings. The van der Waals surface area contributed by atoms with Crippen LogP contribution in [0.2, 0.25) is 0 Å². The SMILES string of the molecule is CCc1ccccc1NC(=O)Nc1ccc(N2CCN(C(=O)Cc3cccc(C)c3)CC2)cc1. The summed E-state index contributed by atoms with van der Waals surface area (Å²) in [6.07, 6.45) is 1.31. The molecule has 0 spiro atoms. The standard InChI is InChI=1S/C28H32N4O2/c1-3-23-9-4-5-10-26(23)30-28(34)29-24-11-13-25(14-12-24)31-15-17-32(18-16-31)27(33)20-22-8-6-7-21(2)19-22/h4-14,19H,3,15-18,20H2,1-2H3,(H2,29,30,34). The van der Waals surface area contributed by atoms with Crippen molar-refractivity contribution in [2.45, 2.75) is 26.7 Å². The summed E-state index contributed by atoms with van der Waals surface area (Å²) in [7, 11) is 0. The molecule has 1 saturated heterocycles. The molecule has 0 unspecified atom stereocenters. The number of nitrogens with zero attached hydrogens (tertiary/aromatic N) is 2. The monoisotopic (exact) mass is 456 g/mol. The fraction of sp³-hybridized carbons (Fsp3) is 0.286. The molecule has 4 rings (SSSR count). The minimum Gasteiger partial charge on any atom is -0.368 e. The van der Waals surface area contributed by atoms with Gasteiger partial charge in [-0.05, 0) is 54.8 Å². The van der Waals surface area contributed by atoms with Gasteiger partial charge in [0.1, 0.15) is 0 Å². The largest absolute Gasteiger partial charge is 0.368 e. The third kappa shape index (κ3) is 5.95. The van der Waals surface area contributed by atoms with Crippen LogP contribution in [-0.2, 0) is 17.6 Å². The van der Waals surface area contributed by atoms with Gasteiger partial charge in [-0.3, -0.25) is 4.79 Å². The zero-order valence-electron chi connectivity index (χ0n) is 19.9. The van der Waals surface area contributed by atoms with E-state index in [9.17, 15) is 9.59 Å². The van der Waals surface area contributed by atoms with Crippen molar-refractivity contribution < 1.29 is 9.59 Å². The van der Waals surface area contributed by atoms with Gasteiger partial charge in [0.2, 0.25) is 5.91 Å². The Hall–Kier alpha value is -3.80. The van der Waals surface area contributed by atoms with Crippen LogP contribution in [0.25, 0.3) is 0 Å². The Morgan fingerprint density at radius 1 is 0.853 bits per heavy atom. The average Bonchev–Trinajstić information content (AvgIpc) is 2.85. The van der Waals surface area contributed by atoms with E-state index < -0.39 is 0 Å².